The van der Waals surface area contributed by atoms with E-state index in [0.717, 1.165) is 17.9 Å². The molecule has 0 heterocycles. The van der Waals surface area contributed by atoms with E-state index in [2.05, 4.69) is 24.2 Å². The van der Waals surface area contributed by atoms with Crippen molar-refractivity contribution in [3.8, 4) is 0 Å². The zero-order valence-corrected chi connectivity index (χ0v) is 13.9. The Hall–Kier alpha value is -0.0800. The number of rotatable bonds is 7. The van der Waals surface area contributed by atoms with E-state index in [1.807, 2.05) is 0 Å². The average Bonchev–Trinajstić information content (AvgIpc) is 2.48. The fraction of sp³-hybridized carbons (Fsp3) is 1.00. The molecule has 2 fully saturated rings. The van der Waals surface area contributed by atoms with Gasteiger partial charge in [-0.05, 0) is 70.6 Å². The van der Waals surface area contributed by atoms with Crippen LogP contribution in [0.5, 0.6) is 0 Å². The van der Waals surface area contributed by atoms with Gasteiger partial charge >= 0.3 is 0 Å². The van der Waals surface area contributed by atoms with Gasteiger partial charge in [0.2, 0.25) is 0 Å². The van der Waals surface area contributed by atoms with Crippen molar-refractivity contribution >= 4 is 0 Å². The summed E-state index contributed by atoms with van der Waals surface area (Å²) in [5.74, 6) is 1.92. The third kappa shape index (κ3) is 5.73. The van der Waals surface area contributed by atoms with E-state index in [1.54, 1.807) is 0 Å². The fourth-order valence-electron chi connectivity index (χ4n) is 4.21. The molecule has 2 aliphatic carbocycles. The van der Waals surface area contributed by atoms with Gasteiger partial charge in [0.05, 0.1) is 0 Å². The molecule has 0 radical (unpaired) electrons. The Morgan fingerprint density at radius 3 is 2.55 bits per heavy atom. The van der Waals surface area contributed by atoms with Gasteiger partial charge in [0, 0.05) is 6.04 Å². The van der Waals surface area contributed by atoms with Crippen LogP contribution in [0.2, 0.25) is 0 Å². The molecule has 0 spiro atoms. The molecule has 0 aromatic carbocycles. The van der Waals surface area contributed by atoms with Crippen LogP contribution in [0.3, 0.4) is 0 Å². The minimum atomic E-state index is 0.878. The largest absolute Gasteiger partial charge is 0.316 e. The minimum Gasteiger partial charge on any atom is -0.316 e. The predicted octanol–water partition coefficient (Wildman–Crippen LogP) is 4.06. The lowest BCUT2D eigenvalue weighted by Gasteiger charge is -2.31. The Kier molecular flexibility index (Phi) is 7.37. The molecule has 2 rings (SSSR count). The highest BCUT2D eigenvalue weighted by molar-refractivity contribution is 4.74. The van der Waals surface area contributed by atoms with Crippen molar-refractivity contribution in [3.63, 3.8) is 0 Å². The number of nitrogens with one attached hydrogen (secondary N) is 1. The van der Waals surface area contributed by atoms with Crippen molar-refractivity contribution in [2.45, 2.75) is 77.2 Å². The second-order valence-corrected chi connectivity index (χ2v) is 7.47. The molecule has 2 nitrogen and oxygen atoms in total. The number of hydrogen-bond acceptors (Lipinski definition) is 2. The average molecular weight is 280 g/mol. The maximum Gasteiger partial charge on any atom is 0.00922 e. The van der Waals surface area contributed by atoms with Gasteiger partial charge in [-0.1, -0.05) is 39.0 Å². The van der Waals surface area contributed by atoms with Crippen LogP contribution in [0, 0.1) is 11.8 Å². The summed E-state index contributed by atoms with van der Waals surface area (Å²) in [5, 5.41) is 3.71. The quantitative estimate of drug-likeness (QED) is 0.708. The molecule has 0 saturated heterocycles. The first-order valence-electron chi connectivity index (χ1n) is 9.16. The van der Waals surface area contributed by atoms with Crippen LogP contribution in [-0.4, -0.2) is 37.6 Å². The van der Waals surface area contributed by atoms with Crippen LogP contribution >= 0.6 is 0 Å². The molecule has 0 aromatic rings. The van der Waals surface area contributed by atoms with E-state index in [-0.39, 0.29) is 0 Å². The molecule has 118 valence electrons. The third-order valence-corrected chi connectivity index (χ3v) is 5.54. The Balaban J connectivity index is 1.48. The summed E-state index contributed by atoms with van der Waals surface area (Å²) in [7, 11) is 2.33. The maximum absolute atomic E-state index is 3.71. The summed E-state index contributed by atoms with van der Waals surface area (Å²) in [5.41, 5.74) is 0. The van der Waals surface area contributed by atoms with Gasteiger partial charge in [0.1, 0.15) is 0 Å². The highest BCUT2D eigenvalue weighted by atomic mass is 15.1. The van der Waals surface area contributed by atoms with Gasteiger partial charge in [-0.15, -0.1) is 0 Å². The molecule has 20 heavy (non-hydrogen) atoms. The number of nitrogens with zero attached hydrogens (tertiary/aromatic N) is 1. The SMILES string of the molecule is CC1CCCC(CNCCCN(C)C2CCCCC2)C1. The van der Waals surface area contributed by atoms with Gasteiger partial charge in [0.15, 0.2) is 0 Å². The standard InChI is InChI=1S/C18H36N2/c1-16-8-6-9-17(14-16)15-19-12-7-13-20(2)18-10-4-3-5-11-18/h16-19H,3-15H2,1-2H3. The van der Waals surface area contributed by atoms with E-state index in [9.17, 15) is 0 Å². The normalized spacial score (nSPS) is 28.9. The lowest BCUT2D eigenvalue weighted by atomic mass is 9.82. The summed E-state index contributed by atoms with van der Waals surface area (Å²) in [6.07, 6.45) is 14.4. The Bertz CT molecular complexity index is 248. The first-order chi connectivity index (χ1) is 9.75. The van der Waals surface area contributed by atoms with Crippen molar-refractivity contribution in [2.75, 3.05) is 26.7 Å². The zero-order valence-electron chi connectivity index (χ0n) is 13.9. The van der Waals surface area contributed by atoms with Crippen LogP contribution in [0.15, 0.2) is 0 Å². The van der Waals surface area contributed by atoms with E-state index in [1.165, 1.54) is 83.8 Å². The van der Waals surface area contributed by atoms with Crippen molar-refractivity contribution in [2.24, 2.45) is 11.8 Å². The minimum absolute atomic E-state index is 0.878. The molecule has 2 saturated carbocycles. The molecule has 0 bridgehead atoms. The van der Waals surface area contributed by atoms with Gasteiger partial charge < -0.3 is 10.2 Å². The van der Waals surface area contributed by atoms with E-state index in [0.29, 0.717) is 0 Å². The van der Waals surface area contributed by atoms with Crippen molar-refractivity contribution < 1.29 is 0 Å². The molecule has 2 unspecified atom stereocenters. The first kappa shape index (κ1) is 16.3. The Morgan fingerprint density at radius 2 is 1.80 bits per heavy atom. The molecule has 0 amide bonds. The third-order valence-electron chi connectivity index (χ3n) is 5.54. The van der Waals surface area contributed by atoms with E-state index >= 15 is 0 Å². The number of hydrogen-bond donors (Lipinski definition) is 1. The second-order valence-electron chi connectivity index (χ2n) is 7.47. The van der Waals surface area contributed by atoms with Gasteiger partial charge in [-0.25, -0.2) is 0 Å². The summed E-state index contributed by atoms with van der Waals surface area (Å²) >= 11 is 0. The zero-order chi connectivity index (χ0) is 14.2. The molecule has 0 aliphatic heterocycles. The summed E-state index contributed by atoms with van der Waals surface area (Å²) < 4.78 is 0. The molecule has 0 aromatic heterocycles. The van der Waals surface area contributed by atoms with Crippen LogP contribution in [0.25, 0.3) is 0 Å². The first-order valence-corrected chi connectivity index (χ1v) is 9.16. The molecule has 2 heteroatoms. The lowest BCUT2D eigenvalue weighted by Crippen LogP contribution is -2.35. The molecular formula is C18H36N2. The van der Waals surface area contributed by atoms with Crippen LogP contribution in [0.4, 0.5) is 0 Å². The monoisotopic (exact) mass is 280 g/mol. The topological polar surface area (TPSA) is 15.3 Å². The van der Waals surface area contributed by atoms with Crippen LogP contribution < -0.4 is 5.32 Å². The predicted molar refractivity (Wildman–Crippen MR) is 88.1 cm³/mol. The summed E-state index contributed by atoms with van der Waals surface area (Å²) in [6, 6.07) is 0.878. The lowest BCUT2D eigenvalue weighted by molar-refractivity contribution is 0.189. The maximum atomic E-state index is 3.71. The Labute approximate surface area is 126 Å². The highest BCUT2D eigenvalue weighted by Gasteiger charge is 2.19. The highest BCUT2D eigenvalue weighted by Crippen LogP contribution is 2.27. The smallest absolute Gasteiger partial charge is 0.00922 e. The summed E-state index contributed by atoms with van der Waals surface area (Å²) in [6.45, 7) is 6.17. The molecule has 1 N–H and O–H groups in total. The molecule has 2 atom stereocenters. The van der Waals surface area contributed by atoms with Crippen molar-refractivity contribution in [1.29, 1.82) is 0 Å². The van der Waals surface area contributed by atoms with Gasteiger partial charge in [-0.2, -0.15) is 0 Å². The summed E-state index contributed by atoms with van der Waals surface area (Å²) in [4.78, 5) is 2.61. The van der Waals surface area contributed by atoms with Crippen molar-refractivity contribution in [1.82, 2.24) is 10.2 Å². The second kappa shape index (κ2) is 9.04. The molecular weight excluding hydrogens is 244 g/mol. The van der Waals surface area contributed by atoms with Gasteiger partial charge in [-0.3, -0.25) is 0 Å². The van der Waals surface area contributed by atoms with E-state index < -0.39 is 0 Å². The fourth-order valence-corrected chi connectivity index (χ4v) is 4.21. The van der Waals surface area contributed by atoms with Crippen LogP contribution in [-0.2, 0) is 0 Å². The van der Waals surface area contributed by atoms with Crippen LogP contribution in [0.1, 0.15) is 71.1 Å². The van der Waals surface area contributed by atoms with Gasteiger partial charge in [0.25, 0.3) is 0 Å². The van der Waals surface area contributed by atoms with Crippen molar-refractivity contribution in [3.05, 3.63) is 0 Å². The van der Waals surface area contributed by atoms with E-state index in [4.69, 9.17) is 0 Å². The Morgan fingerprint density at radius 1 is 1.00 bits per heavy atom. The molecule has 2 aliphatic rings.